The number of ether oxygens (including phenoxy) is 1. The first-order chi connectivity index (χ1) is 9.67. The van der Waals surface area contributed by atoms with Crippen molar-refractivity contribution in [1.29, 1.82) is 0 Å². The molecular formula is C15H19FN2O2. The van der Waals surface area contributed by atoms with Crippen LogP contribution < -0.4 is 10.1 Å². The molecule has 0 saturated carbocycles. The van der Waals surface area contributed by atoms with Gasteiger partial charge in [0.25, 0.3) is 5.91 Å². The number of carbonyl (C=O) groups is 1. The van der Waals surface area contributed by atoms with Crippen LogP contribution in [0.25, 0.3) is 0 Å². The molecule has 20 heavy (non-hydrogen) atoms. The van der Waals surface area contributed by atoms with Crippen molar-refractivity contribution in [2.24, 2.45) is 0 Å². The standard InChI is InChI=1S/C15H19FN2O2/c1-20-14-5-2-10(16)8-13(14)15(19)18-7-6-11-3-4-12(9-18)17-11/h2,5,8,11-12,17H,3-4,6-7,9H2,1H3/t11-,12+/m1/s1. The predicted molar refractivity (Wildman–Crippen MR) is 73.4 cm³/mol. The van der Waals surface area contributed by atoms with Crippen LogP contribution in [0.4, 0.5) is 4.39 Å². The lowest BCUT2D eigenvalue weighted by Gasteiger charge is -2.25. The zero-order valence-corrected chi connectivity index (χ0v) is 11.6. The summed E-state index contributed by atoms with van der Waals surface area (Å²) in [5, 5.41) is 3.53. The molecule has 1 aromatic carbocycles. The Kier molecular flexibility index (Phi) is 3.61. The largest absolute Gasteiger partial charge is 0.496 e. The molecular weight excluding hydrogens is 259 g/mol. The van der Waals surface area contributed by atoms with E-state index in [1.807, 2.05) is 4.90 Å². The van der Waals surface area contributed by atoms with Crippen molar-refractivity contribution < 1.29 is 13.9 Å². The zero-order valence-electron chi connectivity index (χ0n) is 11.6. The monoisotopic (exact) mass is 278 g/mol. The normalized spacial score (nSPS) is 25.4. The molecule has 2 aliphatic heterocycles. The number of hydrogen-bond donors (Lipinski definition) is 1. The maximum absolute atomic E-state index is 13.4. The highest BCUT2D eigenvalue weighted by Crippen LogP contribution is 2.25. The number of carbonyl (C=O) groups excluding carboxylic acids is 1. The van der Waals surface area contributed by atoms with Gasteiger partial charge in [-0.3, -0.25) is 4.79 Å². The Hall–Kier alpha value is -1.62. The van der Waals surface area contributed by atoms with Crippen LogP contribution in [0.15, 0.2) is 18.2 Å². The van der Waals surface area contributed by atoms with Gasteiger partial charge in [-0.25, -0.2) is 4.39 Å². The number of fused-ring (bicyclic) bond motifs is 2. The summed E-state index contributed by atoms with van der Waals surface area (Å²) in [6.45, 7) is 1.40. The van der Waals surface area contributed by atoms with Crippen LogP contribution in [-0.4, -0.2) is 43.1 Å². The fraction of sp³-hybridized carbons (Fsp3) is 0.533. The van der Waals surface area contributed by atoms with Crippen LogP contribution in [-0.2, 0) is 0 Å². The highest BCUT2D eigenvalue weighted by atomic mass is 19.1. The number of methoxy groups -OCH3 is 1. The SMILES string of the molecule is COc1ccc(F)cc1C(=O)N1CC[C@H]2CC[C@@H](C1)N2. The van der Waals surface area contributed by atoms with Crippen molar-refractivity contribution in [3.8, 4) is 5.75 Å². The molecule has 0 radical (unpaired) electrons. The Balaban J connectivity index is 1.83. The van der Waals surface area contributed by atoms with Crippen molar-refractivity contribution in [2.45, 2.75) is 31.3 Å². The third-order valence-corrected chi connectivity index (χ3v) is 4.20. The zero-order chi connectivity index (χ0) is 14.1. The van der Waals surface area contributed by atoms with E-state index < -0.39 is 5.82 Å². The molecule has 4 nitrogen and oxygen atoms in total. The minimum Gasteiger partial charge on any atom is -0.496 e. The summed E-state index contributed by atoms with van der Waals surface area (Å²) >= 11 is 0. The van der Waals surface area contributed by atoms with Crippen LogP contribution in [0.5, 0.6) is 5.75 Å². The van der Waals surface area contributed by atoms with Crippen LogP contribution in [0.2, 0.25) is 0 Å². The van der Waals surface area contributed by atoms with Gasteiger partial charge >= 0.3 is 0 Å². The highest BCUT2D eigenvalue weighted by molar-refractivity contribution is 5.97. The van der Waals surface area contributed by atoms with Gasteiger partial charge in [0, 0.05) is 25.2 Å². The van der Waals surface area contributed by atoms with Crippen molar-refractivity contribution in [2.75, 3.05) is 20.2 Å². The Morgan fingerprint density at radius 3 is 2.95 bits per heavy atom. The van der Waals surface area contributed by atoms with Gasteiger partial charge < -0.3 is 15.0 Å². The lowest BCUT2D eigenvalue weighted by atomic mass is 10.1. The van der Waals surface area contributed by atoms with E-state index in [1.54, 1.807) is 0 Å². The van der Waals surface area contributed by atoms with Gasteiger partial charge in [0.15, 0.2) is 0 Å². The van der Waals surface area contributed by atoms with Gasteiger partial charge in [-0.1, -0.05) is 0 Å². The fourth-order valence-corrected chi connectivity index (χ4v) is 3.15. The number of nitrogens with zero attached hydrogens (tertiary/aromatic N) is 1. The number of benzene rings is 1. The molecule has 1 amide bonds. The van der Waals surface area contributed by atoms with Crippen LogP contribution >= 0.6 is 0 Å². The van der Waals surface area contributed by atoms with Crippen molar-refractivity contribution in [3.05, 3.63) is 29.6 Å². The Morgan fingerprint density at radius 1 is 1.35 bits per heavy atom. The Morgan fingerprint density at radius 2 is 2.15 bits per heavy atom. The molecule has 0 unspecified atom stereocenters. The smallest absolute Gasteiger partial charge is 0.257 e. The molecule has 1 aromatic rings. The van der Waals surface area contributed by atoms with Crippen LogP contribution in [0.3, 0.4) is 0 Å². The van der Waals surface area contributed by atoms with Crippen LogP contribution in [0, 0.1) is 5.82 Å². The van der Waals surface area contributed by atoms with E-state index >= 15 is 0 Å². The van der Waals surface area contributed by atoms with Gasteiger partial charge in [0.2, 0.25) is 0 Å². The molecule has 2 heterocycles. The van der Waals surface area contributed by atoms with E-state index in [1.165, 1.54) is 31.7 Å². The molecule has 3 rings (SSSR count). The summed E-state index contributed by atoms with van der Waals surface area (Å²) in [7, 11) is 1.50. The van der Waals surface area contributed by atoms with Crippen molar-refractivity contribution in [1.82, 2.24) is 10.2 Å². The third kappa shape index (κ3) is 2.50. The lowest BCUT2D eigenvalue weighted by Crippen LogP contribution is -2.39. The van der Waals surface area contributed by atoms with E-state index in [9.17, 15) is 9.18 Å². The molecule has 2 aliphatic rings. The quantitative estimate of drug-likeness (QED) is 0.897. The van der Waals surface area contributed by atoms with E-state index in [0.717, 1.165) is 12.8 Å². The first kappa shape index (κ1) is 13.4. The minimum absolute atomic E-state index is 0.143. The maximum atomic E-state index is 13.4. The van der Waals surface area contributed by atoms with Gasteiger partial charge in [-0.2, -0.15) is 0 Å². The molecule has 2 atom stereocenters. The second-order valence-corrected chi connectivity index (χ2v) is 5.52. The minimum atomic E-state index is -0.413. The summed E-state index contributed by atoms with van der Waals surface area (Å²) in [5.41, 5.74) is 0.310. The predicted octanol–water partition coefficient (Wildman–Crippen LogP) is 1.80. The second-order valence-electron chi connectivity index (χ2n) is 5.52. The summed E-state index contributed by atoms with van der Waals surface area (Å²) < 4.78 is 18.6. The number of likely N-dealkylation sites (tertiary alicyclic amines) is 1. The molecule has 2 saturated heterocycles. The average Bonchev–Trinajstić information content (AvgIpc) is 2.77. The molecule has 2 bridgehead atoms. The van der Waals surface area contributed by atoms with E-state index in [2.05, 4.69) is 5.32 Å². The summed E-state index contributed by atoms with van der Waals surface area (Å²) in [4.78, 5) is 14.4. The third-order valence-electron chi connectivity index (χ3n) is 4.20. The van der Waals surface area contributed by atoms with E-state index in [4.69, 9.17) is 4.74 Å². The summed E-state index contributed by atoms with van der Waals surface area (Å²) in [5.74, 6) is -0.127. The molecule has 0 spiro atoms. The van der Waals surface area contributed by atoms with Gasteiger partial charge in [0.05, 0.1) is 12.7 Å². The van der Waals surface area contributed by atoms with E-state index in [0.29, 0.717) is 36.5 Å². The Labute approximate surface area is 117 Å². The van der Waals surface area contributed by atoms with Crippen molar-refractivity contribution >= 4 is 5.91 Å². The summed E-state index contributed by atoms with van der Waals surface area (Å²) in [6, 6.07) is 4.96. The lowest BCUT2D eigenvalue weighted by molar-refractivity contribution is 0.0744. The van der Waals surface area contributed by atoms with Gasteiger partial charge in [-0.05, 0) is 37.5 Å². The summed E-state index contributed by atoms with van der Waals surface area (Å²) in [6.07, 6.45) is 3.25. The molecule has 5 heteroatoms. The van der Waals surface area contributed by atoms with E-state index in [-0.39, 0.29) is 5.91 Å². The number of nitrogens with one attached hydrogen (secondary N) is 1. The number of amides is 1. The number of hydrogen-bond acceptors (Lipinski definition) is 3. The topological polar surface area (TPSA) is 41.6 Å². The van der Waals surface area contributed by atoms with Gasteiger partial charge in [-0.15, -0.1) is 0 Å². The van der Waals surface area contributed by atoms with Gasteiger partial charge in [0.1, 0.15) is 11.6 Å². The number of rotatable bonds is 2. The maximum Gasteiger partial charge on any atom is 0.257 e. The van der Waals surface area contributed by atoms with Crippen molar-refractivity contribution in [3.63, 3.8) is 0 Å². The second kappa shape index (κ2) is 5.40. The fourth-order valence-electron chi connectivity index (χ4n) is 3.15. The average molecular weight is 278 g/mol. The molecule has 1 N–H and O–H groups in total. The molecule has 108 valence electrons. The Bertz CT molecular complexity index is 521. The number of halogens is 1. The highest BCUT2D eigenvalue weighted by Gasteiger charge is 2.32. The molecule has 0 aliphatic carbocycles. The molecule has 0 aromatic heterocycles. The van der Waals surface area contributed by atoms with Crippen LogP contribution in [0.1, 0.15) is 29.6 Å². The molecule has 2 fully saturated rings. The first-order valence-corrected chi connectivity index (χ1v) is 7.06. The first-order valence-electron chi connectivity index (χ1n) is 7.06.